The zero-order valence-corrected chi connectivity index (χ0v) is 12.5. The Morgan fingerprint density at radius 2 is 1.43 bits per heavy atom. The standard InChI is InChI=1S/C20H16N2O/c23-20(16-11-5-2-6-12-16)18-17-13-7-8-14-22(17)21-19(18)15-9-3-1-4-10-15/h1-14,20,23H. The number of fused-ring (bicyclic) bond motifs is 1. The van der Waals surface area contributed by atoms with Gasteiger partial charge in [0, 0.05) is 17.3 Å². The zero-order chi connectivity index (χ0) is 15.6. The molecule has 0 saturated carbocycles. The molecule has 1 atom stereocenters. The molecule has 4 rings (SSSR count). The van der Waals surface area contributed by atoms with Gasteiger partial charge in [0.05, 0.1) is 11.2 Å². The summed E-state index contributed by atoms with van der Waals surface area (Å²) in [5, 5.41) is 15.7. The minimum Gasteiger partial charge on any atom is -0.383 e. The Kier molecular flexibility index (Phi) is 3.41. The van der Waals surface area contributed by atoms with Crippen LogP contribution in [0.5, 0.6) is 0 Å². The second-order valence-electron chi connectivity index (χ2n) is 5.47. The summed E-state index contributed by atoms with van der Waals surface area (Å²) >= 11 is 0. The molecule has 3 heteroatoms. The van der Waals surface area contributed by atoms with Crippen molar-refractivity contribution in [2.75, 3.05) is 0 Å². The molecule has 0 aliphatic rings. The average Bonchev–Trinajstić information content (AvgIpc) is 3.02. The number of pyridine rings is 1. The molecule has 0 amide bonds. The molecule has 3 nitrogen and oxygen atoms in total. The minimum absolute atomic E-state index is 0.716. The molecule has 0 spiro atoms. The van der Waals surface area contributed by atoms with Crippen LogP contribution in [0.1, 0.15) is 17.2 Å². The summed E-state index contributed by atoms with van der Waals surface area (Å²) in [4.78, 5) is 0. The molecule has 2 heterocycles. The fraction of sp³-hybridized carbons (Fsp3) is 0.0500. The van der Waals surface area contributed by atoms with E-state index in [2.05, 4.69) is 5.10 Å². The van der Waals surface area contributed by atoms with E-state index >= 15 is 0 Å². The van der Waals surface area contributed by atoms with Crippen LogP contribution >= 0.6 is 0 Å². The first-order valence-electron chi connectivity index (χ1n) is 7.60. The lowest BCUT2D eigenvalue weighted by Crippen LogP contribution is -2.00. The molecule has 0 aliphatic carbocycles. The number of rotatable bonds is 3. The van der Waals surface area contributed by atoms with Crippen LogP contribution in [0.15, 0.2) is 85.1 Å². The fourth-order valence-corrected chi connectivity index (χ4v) is 2.90. The van der Waals surface area contributed by atoms with Crippen LogP contribution in [0.3, 0.4) is 0 Å². The number of aliphatic hydroxyl groups excluding tert-OH is 1. The van der Waals surface area contributed by atoms with Crippen LogP contribution in [-0.4, -0.2) is 14.7 Å². The Hall–Kier alpha value is -2.91. The molecule has 112 valence electrons. The second-order valence-corrected chi connectivity index (χ2v) is 5.47. The third-order valence-electron chi connectivity index (χ3n) is 4.01. The predicted molar refractivity (Wildman–Crippen MR) is 91.1 cm³/mol. The third kappa shape index (κ3) is 2.41. The lowest BCUT2D eigenvalue weighted by Gasteiger charge is -2.12. The molecule has 0 saturated heterocycles. The van der Waals surface area contributed by atoms with Gasteiger partial charge < -0.3 is 5.11 Å². The highest BCUT2D eigenvalue weighted by Crippen LogP contribution is 2.34. The Morgan fingerprint density at radius 3 is 2.17 bits per heavy atom. The molecule has 1 N–H and O–H groups in total. The number of nitrogens with zero attached hydrogens (tertiary/aromatic N) is 2. The van der Waals surface area contributed by atoms with Gasteiger partial charge in [0.25, 0.3) is 0 Å². The molecule has 0 aliphatic heterocycles. The summed E-state index contributed by atoms with van der Waals surface area (Å²) in [7, 11) is 0. The Bertz CT molecular complexity index is 930. The van der Waals surface area contributed by atoms with Gasteiger partial charge in [0.15, 0.2) is 0 Å². The van der Waals surface area contributed by atoms with E-state index in [0.717, 1.165) is 27.9 Å². The summed E-state index contributed by atoms with van der Waals surface area (Å²) in [5.74, 6) is 0. The van der Waals surface area contributed by atoms with Crippen LogP contribution in [0, 0.1) is 0 Å². The molecular weight excluding hydrogens is 284 g/mol. The molecule has 0 bridgehead atoms. The van der Waals surface area contributed by atoms with Crippen molar-refractivity contribution in [2.24, 2.45) is 0 Å². The monoisotopic (exact) mass is 300 g/mol. The smallest absolute Gasteiger partial charge is 0.108 e. The molecule has 2 aromatic carbocycles. The highest BCUT2D eigenvalue weighted by atomic mass is 16.3. The van der Waals surface area contributed by atoms with Gasteiger partial charge in [-0.05, 0) is 17.7 Å². The van der Waals surface area contributed by atoms with E-state index < -0.39 is 6.10 Å². The van der Waals surface area contributed by atoms with Crippen molar-refractivity contribution in [3.63, 3.8) is 0 Å². The molecule has 1 unspecified atom stereocenters. The quantitative estimate of drug-likeness (QED) is 0.619. The first-order chi connectivity index (χ1) is 11.3. The van der Waals surface area contributed by atoms with Crippen molar-refractivity contribution in [3.05, 3.63) is 96.2 Å². The van der Waals surface area contributed by atoms with Gasteiger partial charge in [-0.1, -0.05) is 66.7 Å². The maximum absolute atomic E-state index is 11.0. The minimum atomic E-state index is -0.716. The summed E-state index contributed by atoms with van der Waals surface area (Å²) in [6, 6.07) is 25.6. The summed E-state index contributed by atoms with van der Waals surface area (Å²) in [6.07, 6.45) is 1.19. The Balaban J connectivity index is 1.97. The van der Waals surface area contributed by atoms with Crippen LogP contribution in [-0.2, 0) is 0 Å². The van der Waals surface area contributed by atoms with Crippen molar-refractivity contribution >= 4 is 5.52 Å². The largest absolute Gasteiger partial charge is 0.383 e. The van der Waals surface area contributed by atoms with Gasteiger partial charge in [-0.15, -0.1) is 0 Å². The van der Waals surface area contributed by atoms with Crippen LogP contribution < -0.4 is 0 Å². The van der Waals surface area contributed by atoms with E-state index in [1.165, 1.54) is 0 Å². The van der Waals surface area contributed by atoms with E-state index in [-0.39, 0.29) is 0 Å². The number of hydrogen-bond acceptors (Lipinski definition) is 2. The zero-order valence-electron chi connectivity index (χ0n) is 12.5. The van der Waals surface area contributed by atoms with Gasteiger partial charge in [-0.2, -0.15) is 5.10 Å². The third-order valence-corrected chi connectivity index (χ3v) is 4.01. The maximum atomic E-state index is 11.0. The molecular formula is C20H16N2O. The van der Waals surface area contributed by atoms with E-state index in [0.29, 0.717) is 0 Å². The van der Waals surface area contributed by atoms with Gasteiger partial charge >= 0.3 is 0 Å². The summed E-state index contributed by atoms with van der Waals surface area (Å²) < 4.78 is 1.82. The van der Waals surface area contributed by atoms with Gasteiger partial charge in [0.1, 0.15) is 6.10 Å². The normalized spacial score (nSPS) is 12.4. The SMILES string of the molecule is OC(c1ccccc1)c1c(-c2ccccc2)nn2ccccc12. The number of aliphatic hydroxyl groups is 1. The van der Waals surface area contributed by atoms with Crippen molar-refractivity contribution in [1.29, 1.82) is 0 Å². The van der Waals surface area contributed by atoms with E-state index in [9.17, 15) is 5.11 Å². The van der Waals surface area contributed by atoms with Crippen LogP contribution in [0.4, 0.5) is 0 Å². The molecule has 0 fully saturated rings. The van der Waals surface area contributed by atoms with Crippen LogP contribution in [0.2, 0.25) is 0 Å². The second kappa shape index (κ2) is 5.71. The lowest BCUT2D eigenvalue weighted by atomic mass is 9.97. The van der Waals surface area contributed by atoms with E-state index in [1.54, 1.807) is 0 Å². The molecule has 0 radical (unpaired) electrons. The first kappa shape index (κ1) is 13.7. The van der Waals surface area contributed by atoms with E-state index in [4.69, 9.17) is 0 Å². The van der Waals surface area contributed by atoms with Crippen LogP contribution in [0.25, 0.3) is 16.8 Å². The van der Waals surface area contributed by atoms with Gasteiger partial charge in [0.2, 0.25) is 0 Å². The first-order valence-corrected chi connectivity index (χ1v) is 7.60. The highest BCUT2D eigenvalue weighted by Gasteiger charge is 2.22. The number of aromatic nitrogens is 2. The van der Waals surface area contributed by atoms with Gasteiger partial charge in [-0.3, -0.25) is 0 Å². The molecule has 23 heavy (non-hydrogen) atoms. The van der Waals surface area contributed by atoms with E-state index in [1.807, 2.05) is 89.6 Å². The highest BCUT2D eigenvalue weighted by molar-refractivity contribution is 5.74. The van der Waals surface area contributed by atoms with Gasteiger partial charge in [-0.25, -0.2) is 4.52 Å². The fourth-order valence-electron chi connectivity index (χ4n) is 2.90. The molecule has 2 aromatic heterocycles. The van der Waals surface area contributed by atoms with Crippen molar-refractivity contribution in [1.82, 2.24) is 9.61 Å². The molecule has 4 aromatic rings. The Morgan fingerprint density at radius 1 is 0.783 bits per heavy atom. The van der Waals surface area contributed by atoms with Crippen molar-refractivity contribution in [3.8, 4) is 11.3 Å². The lowest BCUT2D eigenvalue weighted by molar-refractivity contribution is 0.222. The van der Waals surface area contributed by atoms with Crippen molar-refractivity contribution < 1.29 is 5.11 Å². The predicted octanol–water partition coefficient (Wildman–Crippen LogP) is 4.08. The maximum Gasteiger partial charge on any atom is 0.108 e. The topological polar surface area (TPSA) is 37.5 Å². The number of hydrogen-bond donors (Lipinski definition) is 1. The average molecular weight is 300 g/mol. The number of benzene rings is 2. The summed E-state index contributed by atoms with van der Waals surface area (Å²) in [5.41, 5.74) is 4.43. The summed E-state index contributed by atoms with van der Waals surface area (Å²) in [6.45, 7) is 0. The Labute approximate surface area is 134 Å². The van der Waals surface area contributed by atoms with Crippen molar-refractivity contribution in [2.45, 2.75) is 6.10 Å².